The molecule has 0 bridgehead atoms. The summed E-state index contributed by atoms with van der Waals surface area (Å²) in [6, 6.07) is 12.9. The Bertz CT molecular complexity index is 518. The fourth-order valence-corrected chi connectivity index (χ4v) is 1.30. The molecule has 0 heterocycles. The second-order valence-electron chi connectivity index (χ2n) is 3.15. The topological polar surface area (TPSA) is 37.3 Å². The van der Waals surface area contributed by atoms with E-state index < -0.39 is 0 Å². The lowest BCUT2D eigenvalue weighted by Gasteiger charge is -2.00. The second kappa shape index (κ2) is 3.96. The molecule has 0 radical (unpaired) electrons. The highest BCUT2D eigenvalue weighted by Crippen LogP contribution is 2.13. The largest absolute Gasteiger partial charge is 0.508 e. The van der Waals surface area contributed by atoms with Gasteiger partial charge in [0.05, 0.1) is 1.37 Å². The van der Waals surface area contributed by atoms with Gasteiger partial charge in [-0.1, -0.05) is 30.3 Å². The van der Waals surface area contributed by atoms with Crippen molar-refractivity contribution in [2.45, 2.75) is 0 Å². The first-order valence-electron chi connectivity index (χ1n) is 5.08. The van der Waals surface area contributed by atoms with Gasteiger partial charge in [0.15, 0.2) is 5.78 Å². The van der Waals surface area contributed by atoms with E-state index >= 15 is 0 Å². The summed E-state index contributed by atoms with van der Waals surface area (Å²) in [6.07, 6.45) is 0. The average molecular weight is 199 g/mol. The van der Waals surface area contributed by atoms with Gasteiger partial charge in [-0.3, -0.25) is 4.79 Å². The molecule has 0 aromatic heterocycles. The summed E-state index contributed by atoms with van der Waals surface area (Å²) >= 11 is 0. The van der Waals surface area contributed by atoms with Crippen molar-refractivity contribution in [2.75, 3.05) is 0 Å². The number of aromatic hydroxyl groups is 1. The van der Waals surface area contributed by atoms with Crippen LogP contribution in [-0.2, 0) is 0 Å². The molecule has 2 nitrogen and oxygen atoms in total. The normalized spacial score (nSPS) is 10.8. The standard InChI is InChI=1S/C13H10O2/c14-12-8-6-11(7-9-12)13(15)10-4-2-1-3-5-10/h1-9,14H/i4D. The van der Waals surface area contributed by atoms with Gasteiger partial charge >= 0.3 is 0 Å². The number of carbonyl (C=O) groups excluding carboxylic acids is 1. The number of phenolic OH excluding ortho intramolecular Hbond substituents is 1. The SMILES string of the molecule is [2H]c1ccccc1C(=O)c1ccc(O)cc1. The number of hydrogen-bond donors (Lipinski definition) is 1. The number of rotatable bonds is 2. The predicted molar refractivity (Wildman–Crippen MR) is 58.0 cm³/mol. The van der Waals surface area contributed by atoms with E-state index in [1.54, 1.807) is 36.4 Å². The van der Waals surface area contributed by atoms with E-state index in [0.717, 1.165) is 0 Å². The third-order valence-electron chi connectivity index (χ3n) is 2.08. The van der Waals surface area contributed by atoms with Crippen LogP contribution in [0.3, 0.4) is 0 Å². The number of ketones is 1. The van der Waals surface area contributed by atoms with E-state index in [9.17, 15) is 4.79 Å². The van der Waals surface area contributed by atoms with E-state index in [-0.39, 0.29) is 17.6 Å². The summed E-state index contributed by atoms with van der Waals surface area (Å²) in [5.74, 6) is -0.0821. The number of benzene rings is 2. The first kappa shape index (κ1) is 8.24. The Hall–Kier alpha value is -2.09. The number of phenols is 1. The summed E-state index contributed by atoms with van der Waals surface area (Å²) in [4.78, 5) is 12.0. The van der Waals surface area contributed by atoms with Crippen molar-refractivity contribution in [3.8, 4) is 5.75 Å². The van der Waals surface area contributed by atoms with Gasteiger partial charge in [-0.2, -0.15) is 0 Å². The zero-order valence-electron chi connectivity index (χ0n) is 8.97. The molecule has 0 unspecified atom stereocenters. The Morgan fingerprint density at radius 1 is 1.00 bits per heavy atom. The fraction of sp³-hybridized carbons (Fsp3) is 0. The highest BCUT2D eigenvalue weighted by Gasteiger charge is 2.07. The molecule has 0 atom stereocenters. The molecule has 1 N–H and O–H groups in total. The molecule has 15 heavy (non-hydrogen) atoms. The van der Waals surface area contributed by atoms with Crippen LogP contribution in [0.15, 0.2) is 54.6 Å². The fourth-order valence-electron chi connectivity index (χ4n) is 1.30. The molecule has 2 aromatic rings. The smallest absolute Gasteiger partial charge is 0.193 e. The molecular formula is C13H10O2. The zero-order valence-corrected chi connectivity index (χ0v) is 7.97. The summed E-state index contributed by atoms with van der Waals surface area (Å²) in [7, 11) is 0. The molecule has 0 spiro atoms. The molecule has 2 rings (SSSR count). The molecule has 0 aliphatic rings. The van der Waals surface area contributed by atoms with Gasteiger partial charge in [-0.15, -0.1) is 0 Å². The maximum absolute atomic E-state index is 12.0. The maximum Gasteiger partial charge on any atom is 0.193 e. The monoisotopic (exact) mass is 199 g/mol. The lowest BCUT2D eigenvalue weighted by atomic mass is 10.0. The van der Waals surface area contributed by atoms with Crippen molar-refractivity contribution < 1.29 is 11.3 Å². The van der Waals surface area contributed by atoms with Gasteiger partial charge < -0.3 is 5.11 Å². The quantitative estimate of drug-likeness (QED) is 0.755. The van der Waals surface area contributed by atoms with Gasteiger partial charge in [-0.25, -0.2) is 0 Å². The van der Waals surface area contributed by atoms with Crippen molar-refractivity contribution in [1.29, 1.82) is 0 Å². The minimum absolute atomic E-state index is 0.121. The van der Waals surface area contributed by atoms with Crippen LogP contribution in [0.1, 0.15) is 17.3 Å². The van der Waals surface area contributed by atoms with Gasteiger partial charge in [0.2, 0.25) is 0 Å². The van der Waals surface area contributed by atoms with Gasteiger partial charge in [0, 0.05) is 11.1 Å². The molecule has 2 aromatic carbocycles. The van der Waals surface area contributed by atoms with Crippen molar-refractivity contribution in [3.63, 3.8) is 0 Å². The van der Waals surface area contributed by atoms with Crippen LogP contribution in [0.2, 0.25) is 0 Å². The average Bonchev–Trinajstić information content (AvgIpc) is 2.30. The number of hydrogen-bond acceptors (Lipinski definition) is 2. The molecule has 0 amide bonds. The predicted octanol–water partition coefficient (Wildman–Crippen LogP) is 2.62. The van der Waals surface area contributed by atoms with E-state index in [0.29, 0.717) is 11.1 Å². The van der Waals surface area contributed by atoms with Crippen LogP contribution in [0, 0.1) is 0 Å². The molecule has 0 saturated heterocycles. The Labute approximate surface area is 89.2 Å². The van der Waals surface area contributed by atoms with Gasteiger partial charge in [0.1, 0.15) is 5.75 Å². The van der Waals surface area contributed by atoms with Crippen LogP contribution in [-0.4, -0.2) is 10.9 Å². The van der Waals surface area contributed by atoms with E-state index in [2.05, 4.69) is 0 Å². The lowest BCUT2D eigenvalue weighted by Crippen LogP contribution is -1.99. The highest BCUT2D eigenvalue weighted by atomic mass is 16.3. The molecular weight excluding hydrogens is 188 g/mol. The third kappa shape index (κ3) is 2.05. The summed E-state index contributed by atoms with van der Waals surface area (Å²) in [6.45, 7) is 0. The Kier molecular flexibility index (Phi) is 2.18. The molecule has 0 saturated carbocycles. The Morgan fingerprint density at radius 2 is 1.73 bits per heavy atom. The molecule has 0 aliphatic carbocycles. The van der Waals surface area contributed by atoms with E-state index in [4.69, 9.17) is 6.48 Å². The first-order valence-corrected chi connectivity index (χ1v) is 4.58. The summed E-state index contributed by atoms with van der Waals surface area (Å²) in [5.41, 5.74) is 0.839. The van der Waals surface area contributed by atoms with Crippen molar-refractivity contribution in [3.05, 3.63) is 65.7 Å². The third-order valence-corrected chi connectivity index (χ3v) is 2.08. The van der Waals surface area contributed by atoms with Crippen molar-refractivity contribution in [1.82, 2.24) is 0 Å². The first-order chi connectivity index (χ1) is 7.68. The van der Waals surface area contributed by atoms with E-state index in [1.165, 1.54) is 12.1 Å². The molecule has 2 heteroatoms. The van der Waals surface area contributed by atoms with Crippen LogP contribution >= 0.6 is 0 Å². The van der Waals surface area contributed by atoms with Gasteiger partial charge in [0.25, 0.3) is 0 Å². The highest BCUT2D eigenvalue weighted by molar-refractivity contribution is 6.08. The molecule has 0 fully saturated rings. The summed E-state index contributed by atoms with van der Waals surface area (Å²) < 4.78 is 7.62. The molecule has 74 valence electrons. The zero-order chi connectivity index (χ0) is 11.5. The van der Waals surface area contributed by atoms with Gasteiger partial charge in [-0.05, 0) is 24.3 Å². The Morgan fingerprint density at radius 3 is 2.40 bits per heavy atom. The van der Waals surface area contributed by atoms with Crippen LogP contribution in [0.4, 0.5) is 0 Å². The van der Waals surface area contributed by atoms with Crippen molar-refractivity contribution in [2.24, 2.45) is 0 Å². The maximum atomic E-state index is 12.0. The summed E-state index contributed by atoms with van der Waals surface area (Å²) in [5, 5.41) is 9.12. The van der Waals surface area contributed by atoms with E-state index in [1.807, 2.05) is 0 Å². The second-order valence-corrected chi connectivity index (χ2v) is 3.15. The Balaban J connectivity index is 2.40. The van der Waals surface area contributed by atoms with Crippen molar-refractivity contribution >= 4 is 5.78 Å². The van der Waals surface area contributed by atoms with Crippen LogP contribution < -0.4 is 0 Å². The van der Waals surface area contributed by atoms with Crippen LogP contribution in [0.5, 0.6) is 5.75 Å². The van der Waals surface area contributed by atoms with Crippen LogP contribution in [0.25, 0.3) is 0 Å². The minimum Gasteiger partial charge on any atom is -0.508 e. The minimum atomic E-state index is -0.203. The lowest BCUT2D eigenvalue weighted by molar-refractivity contribution is 0.103. The number of carbonyl (C=O) groups is 1. The molecule has 0 aliphatic heterocycles.